The second-order valence-electron chi connectivity index (χ2n) is 13.0. The number of H-pyrrole nitrogens is 1. The normalized spacial score (nSPS) is 26.8. The van der Waals surface area contributed by atoms with E-state index in [0.717, 1.165) is 19.4 Å². The van der Waals surface area contributed by atoms with Crippen molar-refractivity contribution in [2.24, 2.45) is 0 Å². The SMILES string of the molecule is C[C@@]12CNCN(C1)c1nc(OC[C@@]34CCCN3C[C@H](F)C4)nc3c(F)c(ncc13)-c1c(c(Cl)cc3[nH]ncc13)CCCOC(=O)O2. The number of fused-ring (bicyclic) bond motifs is 8. The van der Waals surface area contributed by atoms with Crippen LogP contribution in [-0.4, -0.2) is 99.6 Å². The first-order chi connectivity index (χ1) is 22.2. The molecular weight excluding hydrogens is 622 g/mol. The molecule has 12 nitrogen and oxygen atoms in total. The van der Waals surface area contributed by atoms with Crippen LogP contribution in [0.2, 0.25) is 5.02 Å². The van der Waals surface area contributed by atoms with Crippen molar-refractivity contribution in [2.45, 2.75) is 56.3 Å². The Morgan fingerprint density at radius 1 is 1.24 bits per heavy atom. The van der Waals surface area contributed by atoms with E-state index in [9.17, 15) is 9.18 Å². The predicted molar refractivity (Wildman–Crippen MR) is 165 cm³/mol. The standard InChI is InChI=1S/C31H33ClF2N8O4/c1-30-13-35-16-41(14-30)27-20-10-36-26(23-18(4-2-7-44-29(43)46-30)21(32)8-22-19(23)11-37-40-22)24(34)25(20)38-28(39-27)45-15-31-5-3-6-42(31)12-17(33)9-31/h8,10-11,17,35H,2-7,9,12-16H2,1H3,(H,37,40)/t17-,30-,31+/m1/s1. The fourth-order valence-electron chi connectivity index (χ4n) is 7.59. The highest BCUT2D eigenvalue weighted by Gasteiger charge is 2.49. The molecule has 8 heterocycles. The lowest BCUT2D eigenvalue weighted by molar-refractivity contribution is -0.0272. The number of carbonyl (C=O) groups is 1. The van der Waals surface area contributed by atoms with E-state index in [4.69, 9.17) is 30.8 Å². The smallest absolute Gasteiger partial charge is 0.461 e. The van der Waals surface area contributed by atoms with Crippen LogP contribution in [0.15, 0.2) is 18.5 Å². The average Bonchev–Trinajstić information content (AvgIpc) is 3.72. The minimum absolute atomic E-state index is 0.0165. The van der Waals surface area contributed by atoms with Gasteiger partial charge in [-0.15, -0.1) is 0 Å². The molecule has 1 aromatic carbocycles. The number of halogens is 3. The third kappa shape index (κ3) is 4.97. The molecule has 3 aromatic heterocycles. The zero-order valence-electron chi connectivity index (χ0n) is 25.2. The fraction of sp³-hybridized carbons (Fsp3) is 0.516. The Kier molecular flexibility index (Phi) is 7.14. The molecule has 5 aliphatic heterocycles. The summed E-state index contributed by atoms with van der Waals surface area (Å²) in [4.78, 5) is 30.7. The van der Waals surface area contributed by atoms with E-state index in [0.29, 0.717) is 77.3 Å². The van der Waals surface area contributed by atoms with E-state index < -0.39 is 29.3 Å². The molecule has 9 rings (SSSR count). The average molecular weight is 655 g/mol. The lowest BCUT2D eigenvalue weighted by Gasteiger charge is -2.40. The molecule has 3 saturated heterocycles. The van der Waals surface area contributed by atoms with Crippen LogP contribution in [0.25, 0.3) is 33.1 Å². The maximum absolute atomic E-state index is 17.0. The number of aromatic amines is 1. The van der Waals surface area contributed by atoms with Gasteiger partial charge in [-0.25, -0.2) is 13.6 Å². The minimum atomic E-state index is -0.983. The van der Waals surface area contributed by atoms with Gasteiger partial charge >= 0.3 is 12.2 Å². The number of carbonyl (C=O) groups excluding carboxylic acids is 1. The molecule has 0 saturated carbocycles. The topological polar surface area (TPSA) is 131 Å². The third-order valence-corrected chi connectivity index (χ3v) is 9.99. The molecule has 0 aliphatic carbocycles. The van der Waals surface area contributed by atoms with Crippen molar-refractivity contribution < 1.29 is 27.8 Å². The van der Waals surface area contributed by atoms with Gasteiger partial charge < -0.3 is 19.1 Å². The van der Waals surface area contributed by atoms with Gasteiger partial charge in [-0.1, -0.05) is 11.6 Å². The van der Waals surface area contributed by atoms with Gasteiger partial charge in [0.25, 0.3) is 0 Å². The molecule has 0 spiro atoms. The van der Waals surface area contributed by atoms with E-state index >= 15 is 4.39 Å². The van der Waals surface area contributed by atoms with Crippen LogP contribution in [0, 0.1) is 5.82 Å². The highest BCUT2D eigenvalue weighted by molar-refractivity contribution is 6.33. The van der Waals surface area contributed by atoms with Crippen molar-refractivity contribution in [2.75, 3.05) is 51.0 Å². The van der Waals surface area contributed by atoms with E-state index in [1.807, 2.05) is 4.90 Å². The van der Waals surface area contributed by atoms with Gasteiger partial charge in [0.2, 0.25) is 0 Å². The molecule has 0 amide bonds. The first-order valence-corrected chi connectivity index (χ1v) is 15.9. The second-order valence-corrected chi connectivity index (χ2v) is 13.4. The fourth-order valence-corrected chi connectivity index (χ4v) is 7.89. The molecule has 4 aromatic rings. The summed E-state index contributed by atoms with van der Waals surface area (Å²) in [7, 11) is 0. The Labute approximate surface area is 267 Å². The van der Waals surface area contributed by atoms with Crippen LogP contribution < -0.4 is 15.0 Å². The number of ether oxygens (including phenoxy) is 3. The lowest BCUT2D eigenvalue weighted by atomic mass is 9.95. The number of alkyl halides is 1. The summed E-state index contributed by atoms with van der Waals surface area (Å²) in [5, 5.41) is 11.7. The van der Waals surface area contributed by atoms with Crippen molar-refractivity contribution in [1.82, 2.24) is 35.4 Å². The Morgan fingerprint density at radius 3 is 3.02 bits per heavy atom. The molecule has 46 heavy (non-hydrogen) atoms. The van der Waals surface area contributed by atoms with Gasteiger partial charge in [-0.3, -0.25) is 20.3 Å². The number of nitrogens with zero attached hydrogens (tertiary/aromatic N) is 6. The summed E-state index contributed by atoms with van der Waals surface area (Å²) in [5.41, 5.74) is 0.364. The maximum Gasteiger partial charge on any atom is 0.508 e. The highest BCUT2D eigenvalue weighted by Crippen LogP contribution is 2.42. The highest BCUT2D eigenvalue weighted by atomic mass is 35.5. The number of aromatic nitrogens is 5. The van der Waals surface area contributed by atoms with Gasteiger partial charge in [-0.05, 0) is 50.8 Å². The number of nitrogens with one attached hydrogen (secondary N) is 2. The largest absolute Gasteiger partial charge is 0.508 e. The second kappa shape index (κ2) is 11.1. The van der Waals surface area contributed by atoms with Gasteiger partial charge in [-0.2, -0.15) is 15.1 Å². The molecule has 6 bridgehead atoms. The molecule has 3 atom stereocenters. The van der Waals surface area contributed by atoms with Crippen molar-refractivity contribution in [3.05, 3.63) is 34.9 Å². The van der Waals surface area contributed by atoms with Crippen molar-refractivity contribution in [3.63, 3.8) is 0 Å². The molecule has 0 radical (unpaired) electrons. The van der Waals surface area contributed by atoms with Crippen LogP contribution in [0.4, 0.5) is 19.4 Å². The number of benzene rings is 1. The molecule has 0 unspecified atom stereocenters. The van der Waals surface area contributed by atoms with Gasteiger partial charge in [0.1, 0.15) is 35.4 Å². The van der Waals surface area contributed by atoms with E-state index in [1.165, 1.54) is 0 Å². The van der Waals surface area contributed by atoms with Crippen molar-refractivity contribution >= 4 is 45.4 Å². The van der Waals surface area contributed by atoms with Crippen molar-refractivity contribution in [1.29, 1.82) is 0 Å². The van der Waals surface area contributed by atoms with Gasteiger partial charge in [0, 0.05) is 41.7 Å². The number of rotatable bonds is 3. The molecule has 3 fully saturated rings. The first kappa shape index (κ1) is 29.5. The summed E-state index contributed by atoms with van der Waals surface area (Å²) in [5.74, 6) is -0.305. The predicted octanol–water partition coefficient (Wildman–Crippen LogP) is 4.54. The molecule has 2 N–H and O–H groups in total. The first-order valence-electron chi connectivity index (χ1n) is 15.6. The van der Waals surface area contributed by atoms with Crippen LogP contribution in [0.1, 0.15) is 38.2 Å². The monoisotopic (exact) mass is 654 g/mol. The zero-order chi connectivity index (χ0) is 31.6. The van der Waals surface area contributed by atoms with Crippen LogP contribution in [-0.2, 0) is 15.9 Å². The lowest BCUT2D eigenvalue weighted by Crippen LogP contribution is -2.59. The van der Waals surface area contributed by atoms with Crippen LogP contribution >= 0.6 is 11.6 Å². The zero-order valence-corrected chi connectivity index (χ0v) is 26.0. The van der Waals surface area contributed by atoms with Crippen LogP contribution in [0.5, 0.6) is 6.01 Å². The quantitative estimate of drug-likeness (QED) is 0.302. The van der Waals surface area contributed by atoms with E-state index in [-0.39, 0.29) is 37.0 Å². The van der Waals surface area contributed by atoms with Crippen molar-refractivity contribution in [3.8, 4) is 17.3 Å². The third-order valence-electron chi connectivity index (χ3n) is 9.66. The maximum atomic E-state index is 17.0. The number of anilines is 1. The van der Waals surface area contributed by atoms with Gasteiger partial charge in [0.05, 0.1) is 42.5 Å². The Morgan fingerprint density at radius 2 is 2.13 bits per heavy atom. The van der Waals surface area contributed by atoms with Crippen LogP contribution in [0.3, 0.4) is 0 Å². The molecule has 242 valence electrons. The number of hydrogen-bond acceptors (Lipinski definition) is 11. The minimum Gasteiger partial charge on any atom is -0.461 e. The summed E-state index contributed by atoms with van der Waals surface area (Å²) >= 11 is 6.76. The van der Waals surface area contributed by atoms with E-state index in [2.05, 4.69) is 30.4 Å². The number of hydrogen-bond donors (Lipinski definition) is 2. The van der Waals surface area contributed by atoms with Gasteiger partial charge in [0.15, 0.2) is 5.82 Å². The summed E-state index contributed by atoms with van der Waals surface area (Å²) in [6.45, 7) is 4.17. The summed E-state index contributed by atoms with van der Waals surface area (Å²) < 4.78 is 48.9. The molecular formula is C31H33ClF2N8O4. The molecule has 5 aliphatic rings. The Bertz CT molecular complexity index is 1860. The van der Waals surface area contributed by atoms with E-state index in [1.54, 1.807) is 25.4 Å². The summed E-state index contributed by atoms with van der Waals surface area (Å²) in [6.07, 6.45) is 4.35. The number of pyridine rings is 1. The Hall–Kier alpha value is -3.88. The molecule has 15 heteroatoms. The summed E-state index contributed by atoms with van der Waals surface area (Å²) in [6, 6.07) is 1.70. The Balaban J connectivity index is 1.30.